The summed E-state index contributed by atoms with van der Waals surface area (Å²) in [7, 11) is 0.494. The third-order valence-corrected chi connectivity index (χ3v) is 6.38. The highest BCUT2D eigenvalue weighted by Gasteiger charge is 2.33. The van der Waals surface area contributed by atoms with Crippen molar-refractivity contribution in [2.24, 2.45) is 5.92 Å². The van der Waals surface area contributed by atoms with E-state index in [0.29, 0.717) is 18.8 Å². The molecule has 0 radical (unpaired) electrons. The standard InChI is InChI=1S/C18H28N4O5S/c1-12(2)17-18(24)19-8-9-22(17)11-16(23)20-13-6-7-14(27-5)15(10-13)28(25,26)21(3)4/h6-7,10,12,17H,8-9,11H2,1-5H3,(H,19,24)(H,20,23). The quantitative estimate of drug-likeness (QED) is 0.669. The number of piperazine rings is 1. The molecule has 1 atom stereocenters. The van der Waals surface area contributed by atoms with Crippen molar-refractivity contribution in [1.82, 2.24) is 14.5 Å². The first-order valence-electron chi connectivity index (χ1n) is 9.00. The van der Waals surface area contributed by atoms with Crippen LogP contribution in [0.1, 0.15) is 13.8 Å². The van der Waals surface area contributed by atoms with Crippen molar-refractivity contribution in [2.75, 3.05) is 46.2 Å². The van der Waals surface area contributed by atoms with Crippen molar-refractivity contribution in [1.29, 1.82) is 0 Å². The minimum atomic E-state index is -3.74. The predicted octanol–water partition coefficient (Wildman–Crippen LogP) is 0.340. The van der Waals surface area contributed by atoms with Gasteiger partial charge in [-0.2, -0.15) is 0 Å². The number of amides is 2. The number of rotatable bonds is 7. The number of anilines is 1. The third kappa shape index (κ3) is 4.81. The van der Waals surface area contributed by atoms with Crippen molar-refractivity contribution in [3.05, 3.63) is 18.2 Å². The van der Waals surface area contributed by atoms with Crippen LogP contribution in [0.3, 0.4) is 0 Å². The molecule has 0 aliphatic carbocycles. The molecule has 0 spiro atoms. The number of hydrogen-bond donors (Lipinski definition) is 2. The van der Waals surface area contributed by atoms with Gasteiger partial charge in [-0.3, -0.25) is 14.5 Å². The van der Waals surface area contributed by atoms with Crippen LogP contribution in [0.25, 0.3) is 0 Å². The topological polar surface area (TPSA) is 108 Å². The van der Waals surface area contributed by atoms with E-state index in [0.717, 1.165) is 4.31 Å². The number of nitrogens with zero attached hydrogens (tertiary/aromatic N) is 2. The molecule has 0 aromatic heterocycles. The molecule has 1 aliphatic heterocycles. The summed E-state index contributed by atoms with van der Waals surface area (Å²) in [5.41, 5.74) is 0.341. The van der Waals surface area contributed by atoms with E-state index in [1.165, 1.54) is 33.3 Å². The van der Waals surface area contributed by atoms with Gasteiger partial charge in [0.05, 0.1) is 19.7 Å². The number of ether oxygens (including phenoxy) is 1. The largest absolute Gasteiger partial charge is 0.495 e. The molecule has 1 heterocycles. The molecule has 1 aliphatic rings. The predicted molar refractivity (Wildman–Crippen MR) is 106 cm³/mol. The number of sulfonamides is 1. The lowest BCUT2D eigenvalue weighted by Crippen LogP contribution is -2.58. The van der Waals surface area contributed by atoms with Gasteiger partial charge in [0.15, 0.2) is 0 Å². The van der Waals surface area contributed by atoms with Crippen LogP contribution >= 0.6 is 0 Å². The summed E-state index contributed by atoms with van der Waals surface area (Å²) >= 11 is 0. The van der Waals surface area contributed by atoms with Crippen molar-refractivity contribution >= 4 is 27.5 Å². The first kappa shape index (κ1) is 22.1. The van der Waals surface area contributed by atoms with Crippen LogP contribution in [0.5, 0.6) is 5.75 Å². The fourth-order valence-electron chi connectivity index (χ4n) is 3.17. The first-order chi connectivity index (χ1) is 13.1. The monoisotopic (exact) mass is 412 g/mol. The summed E-state index contributed by atoms with van der Waals surface area (Å²) in [4.78, 5) is 26.4. The minimum absolute atomic E-state index is 0.0322. The van der Waals surface area contributed by atoms with E-state index in [-0.39, 0.29) is 41.0 Å². The summed E-state index contributed by atoms with van der Waals surface area (Å²) < 4.78 is 31.2. The summed E-state index contributed by atoms with van der Waals surface area (Å²) in [6.45, 7) is 4.97. The molecule has 1 unspecified atom stereocenters. The van der Waals surface area contributed by atoms with Gasteiger partial charge in [0, 0.05) is 32.9 Å². The molecule has 0 saturated carbocycles. The Morgan fingerprint density at radius 1 is 1.39 bits per heavy atom. The highest BCUT2D eigenvalue weighted by Crippen LogP contribution is 2.29. The Morgan fingerprint density at radius 3 is 2.64 bits per heavy atom. The normalized spacial score (nSPS) is 18.2. The van der Waals surface area contributed by atoms with Gasteiger partial charge in [-0.15, -0.1) is 0 Å². The fraction of sp³-hybridized carbons (Fsp3) is 0.556. The van der Waals surface area contributed by atoms with Crippen LogP contribution in [-0.4, -0.2) is 76.3 Å². The molecular formula is C18H28N4O5S. The average molecular weight is 413 g/mol. The second-order valence-corrected chi connectivity index (χ2v) is 9.27. The maximum absolute atomic E-state index is 12.5. The number of benzene rings is 1. The van der Waals surface area contributed by atoms with Gasteiger partial charge in [0.2, 0.25) is 21.8 Å². The first-order valence-corrected chi connectivity index (χ1v) is 10.4. The molecule has 1 fully saturated rings. The zero-order chi connectivity index (χ0) is 21.1. The second-order valence-electron chi connectivity index (χ2n) is 7.15. The molecule has 2 amide bonds. The highest BCUT2D eigenvalue weighted by atomic mass is 32.2. The van der Waals surface area contributed by atoms with Crippen molar-refractivity contribution in [2.45, 2.75) is 24.8 Å². The van der Waals surface area contributed by atoms with E-state index in [2.05, 4.69) is 10.6 Å². The maximum atomic E-state index is 12.5. The van der Waals surface area contributed by atoms with Crippen molar-refractivity contribution in [3.63, 3.8) is 0 Å². The number of methoxy groups -OCH3 is 1. The van der Waals surface area contributed by atoms with E-state index in [1.807, 2.05) is 18.7 Å². The molecule has 156 valence electrons. The fourth-order valence-corrected chi connectivity index (χ4v) is 4.25. The van der Waals surface area contributed by atoms with E-state index >= 15 is 0 Å². The molecule has 0 bridgehead atoms. The Hall–Kier alpha value is -2.17. The molecule has 1 aromatic rings. The van der Waals surface area contributed by atoms with Gasteiger partial charge in [-0.25, -0.2) is 12.7 Å². The lowest BCUT2D eigenvalue weighted by molar-refractivity contribution is -0.132. The summed E-state index contributed by atoms with van der Waals surface area (Å²) in [6.07, 6.45) is 0. The second kappa shape index (κ2) is 8.89. The van der Waals surface area contributed by atoms with Crippen LogP contribution < -0.4 is 15.4 Å². The molecule has 10 heteroatoms. The molecular weight excluding hydrogens is 384 g/mol. The summed E-state index contributed by atoms with van der Waals surface area (Å²) in [5, 5.41) is 5.53. The Morgan fingerprint density at radius 2 is 2.07 bits per heavy atom. The molecule has 2 rings (SSSR count). The van der Waals surface area contributed by atoms with E-state index in [1.54, 1.807) is 6.07 Å². The number of hydrogen-bond acceptors (Lipinski definition) is 6. The molecule has 9 nitrogen and oxygen atoms in total. The van der Waals surface area contributed by atoms with Crippen LogP contribution in [0.15, 0.2) is 23.1 Å². The van der Waals surface area contributed by atoms with Gasteiger partial charge in [-0.1, -0.05) is 13.8 Å². The average Bonchev–Trinajstić information content (AvgIpc) is 2.61. The van der Waals surface area contributed by atoms with Crippen LogP contribution in [0.4, 0.5) is 5.69 Å². The van der Waals surface area contributed by atoms with Gasteiger partial charge in [-0.05, 0) is 24.1 Å². The Kier molecular flexibility index (Phi) is 7.02. The Balaban J connectivity index is 2.19. The number of carbonyl (C=O) groups is 2. The van der Waals surface area contributed by atoms with E-state index < -0.39 is 10.0 Å². The molecule has 28 heavy (non-hydrogen) atoms. The number of carbonyl (C=O) groups excluding carboxylic acids is 2. The van der Waals surface area contributed by atoms with Gasteiger partial charge < -0.3 is 15.4 Å². The SMILES string of the molecule is COc1ccc(NC(=O)CN2CCNC(=O)C2C(C)C)cc1S(=O)(=O)N(C)C. The van der Waals surface area contributed by atoms with Gasteiger partial charge in [0.25, 0.3) is 0 Å². The van der Waals surface area contributed by atoms with E-state index in [4.69, 9.17) is 4.74 Å². The molecule has 2 N–H and O–H groups in total. The third-order valence-electron chi connectivity index (χ3n) is 4.54. The zero-order valence-corrected chi connectivity index (χ0v) is 17.7. The van der Waals surface area contributed by atoms with Crippen LogP contribution in [0, 0.1) is 5.92 Å². The van der Waals surface area contributed by atoms with Crippen LogP contribution in [-0.2, 0) is 19.6 Å². The van der Waals surface area contributed by atoms with E-state index in [9.17, 15) is 18.0 Å². The summed E-state index contributed by atoms with van der Waals surface area (Å²) in [5.74, 6) is -0.151. The Bertz CT molecular complexity index is 838. The lowest BCUT2D eigenvalue weighted by atomic mass is 10.00. The zero-order valence-electron chi connectivity index (χ0n) is 16.9. The minimum Gasteiger partial charge on any atom is -0.495 e. The van der Waals surface area contributed by atoms with Crippen molar-refractivity contribution < 1.29 is 22.7 Å². The van der Waals surface area contributed by atoms with Crippen molar-refractivity contribution in [3.8, 4) is 5.75 Å². The highest BCUT2D eigenvalue weighted by molar-refractivity contribution is 7.89. The van der Waals surface area contributed by atoms with Crippen LogP contribution in [0.2, 0.25) is 0 Å². The lowest BCUT2D eigenvalue weighted by Gasteiger charge is -2.36. The summed E-state index contributed by atoms with van der Waals surface area (Å²) in [6, 6.07) is 4.07. The Labute approximate surface area is 166 Å². The smallest absolute Gasteiger partial charge is 0.246 e. The molecule has 1 aromatic carbocycles. The van der Waals surface area contributed by atoms with Gasteiger partial charge in [0.1, 0.15) is 10.6 Å². The van der Waals surface area contributed by atoms with Gasteiger partial charge >= 0.3 is 0 Å². The molecule has 1 saturated heterocycles. The maximum Gasteiger partial charge on any atom is 0.246 e. The number of nitrogens with one attached hydrogen (secondary N) is 2.